The Morgan fingerprint density at radius 1 is 1.00 bits per heavy atom. The minimum Gasteiger partial charge on any atom is -0.481 e. The zero-order valence-electron chi connectivity index (χ0n) is 11.1. The van der Waals surface area contributed by atoms with Crippen molar-refractivity contribution in [2.75, 3.05) is 13.2 Å². The van der Waals surface area contributed by atoms with Crippen LogP contribution in [-0.2, 0) is 23.9 Å². The molecule has 0 aromatic carbocycles. The first-order chi connectivity index (χ1) is 8.93. The molecule has 108 valence electrons. The Labute approximate surface area is 112 Å². The van der Waals surface area contributed by atoms with Crippen LogP contribution in [0.1, 0.15) is 39.0 Å². The molecule has 0 spiro atoms. The third kappa shape index (κ3) is 11.0. The number of carboxylic acid groups (broad SMARTS) is 1. The summed E-state index contributed by atoms with van der Waals surface area (Å²) < 4.78 is 9.58. The first-order valence-corrected chi connectivity index (χ1v) is 6.13. The molecule has 0 aromatic heterocycles. The van der Waals surface area contributed by atoms with Crippen molar-refractivity contribution >= 4 is 17.9 Å². The molecule has 0 aliphatic carbocycles. The van der Waals surface area contributed by atoms with Gasteiger partial charge in [0.05, 0.1) is 0 Å². The molecule has 0 saturated heterocycles. The van der Waals surface area contributed by atoms with Gasteiger partial charge < -0.3 is 14.6 Å². The van der Waals surface area contributed by atoms with Gasteiger partial charge in [0.2, 0.25) is 0 Å². The molecule has 0 unspecified atom stereocenters. The van der Waals surface area contributed by atoms with Crippen LogP contribution in [0.3, 0.4) is 0 Å². The summed E-state index contributed by atoms with van der Waals surface area (Å²) in [6.45, 7) is 4.98. The molecule has 6 nitrogen and oxygen atoms in total. The molecule has 19 heavy (non-hydrogen) atoms. The van der Waals surface area contributed by atoms with Crippen molar-refractivity contribution in [3.05, 3.63) is 12.2 Å². The van der Waals surface area contributed by atoms with E-state index < -0.39 is 11.9 Å². The molecule has 0 rings (SSSR count). The zero-order chi connectivity index (χ0) is 14.7. The highest BCUT2D eigenvalue weighted by atomic mass is 16.6. The van der Waals surface area contributed by atoms with Gasteiger partial charge in [0, 0.05) is 18.4 Å². The first kappa shape index (κ1) is 17.2. The molecule has 0 heterocycles. The van der Waals surface area contributed by atoms with Crippen LogP contribution in [0.25, 0.3) is 0 Å². The van der Waals surface area contributed by atoms with Gasteiger partial charge >= 0.3 is 17.9 Å². The molecule has 0 amide bonds. The number of hydrogen-bond acceptors (Lipinski definition) is 5. The summed E-state index contributed by atoms with van der Waals surface area (Å²) in [6.07, 6.45) is 2.18. The number of carbonyl (C=O) groups excluding carboxylic acids is 2. The van der Waals surface area contributed by atoms with Crippen LogP contribution >= 0.6 is 0 Å². The molecule has 0 fully saturated rings. The lowest BCUT2D eigenvalue weighted by molar-refractivity contribution is -0.150. The highest BCUT2D eigenvalue weighted by molar-refractivity contribution is 5.86. The molecular formula is C13H20O6. The van der Waals surface area contributed by atoms with Crippen LogP contribution in [0.5, 0.6) is 0 Å². The second-order valence-electron chi connectivity index (χ2n) is 4.09. The van der Waals surface area contributed by atoms with Crippen LogP contribution in [0.2, 0.25) is 0 Å². The van der Waals surface area contributed by atoms with Crippen LogP contribution in [0.4, 0.5) is 0 Å². The van der Waals surface area contributed by atoms with Gasteiger partial charge in [-0.3, -0.25) is 9.59 Å². The minimum absolute atomic E-state index is 0.0104. The number of unbranched alkanes of at least 4 members (excludes halogenated alkanes) is 2. The summed E-state index contributed by atoms with van der Waals surface area (Å²) in [4.78, 5) is 32.4. The Kier molecular flexibility index (Phi) is 9.12. The third-order valence-corrected chi connectivity index (χ3v) is 2.20. The summed E-state index contributed by atoms with van der Waals surface area (Å²) in [7, 11) is 0. The fraction of sp³-hybridized carbons (Fsp3) is 0.615. The van der Waals surface area contributed by atoms with E-state index in [2.05, 4.69) is 6.58 Å². The normalized spacial score (nSPS) is 9.74. The van der Waals surface area contributed by atoms with Gasteiger partial charge in [0.25, 0.3) is 0 Å². The molecule has 6 heteroatoms. The van der Waals surface area contributed by atoms with E-state index >= 15 is 0 Å². The van der Waals surface area contributed by atoms with E-state index in [1.165, 1.54) is 6.92 Å². The second-order valence-corrected chi connectivity index (χ2v) is 4.09. The largest absolute Gasteiger partial charge is 0.481 e. The van der Waals surface area contributed by atoms with E-state index in [4.69, 9.17) is 14.6 Å². The van der Waals surface area contributed by atoms with Crippen molar-refractivity contribution in [2.45, 2.75) is 39.0 Å². The third-order valence-electron chi connectivity index (χ3n) is 2.20. The SMILES string of the molecule is C=C(C)C(=O)OCCOC(=O)CCCCCC(=O)O. The zero-order valence-corrected chi connectivity index (χ0v) is 11.1. The number of carboxylic acids is 1. The number of rotatable bonds is 10. The first-order valence-electron chi connectivity index (χ1n) is 6.13. The predicted molar refractivity (Wildman–Crippen MR) is 67.5 cm³/mol. The van der Waals surface area contributed by atoms with Gasteiger partial charge in [-0.15, -0.1) is 0 Å². The van der Waals surface area contributed by atoms with Gasteiger partial charge in [-0.25, -0.2) is 4.79 Å². The molecule has 0 aliphatic rings. The smallest absolute Gasteiger partial charge is 0.333 e. The van der Waals surface area contributed by atoms with Crippen molar-refractivity contribution in [2.24, 2.45) is 0 Å². The maximum atomic E-state index is 11.2. The highest BCUT2D eigenvalue weighted by Crippen LogP contribution is 2.04. The van der Waals surface area contributed by atoms with Crippen molar-refractivity contribution in [3.63, 3.8) is 0 Å². The van der Waals surface area contributed by atoms with Crippen LogP contribution in [0, 0.1) is 0 Å². The van der Waals surface area contributed by atoms with E-state index in [0.717, 1.165) is 0 Å². The minimum atomic E-state index is -0.832. The molecule has 0 bridgehead atoms. The fourth-order valence-corrected chi connectivity index (χ4v) is 1.21. The average Bonchev–Trinajstić information content (AvgIpc) is 2.33. The summed E-state index contributed by atoms with van der Waals surface area (Å²) >= 11 is 0. The molecule has 0 aliphatic heterocycles. The standard InChI is InChI=1S/C13H20O6/c1-10(2)13(17)19-9-8-18-12(16)7-5-3-4-6-11(14)15/h1,3-9H2,2H3,(H,14,15). The Morgan fingerprint density at radius 3 is 2.16 bits per heavy atom. The molecule has 0 aromatic rings. The van der Waals surface area contributed by atoms with E-state index in [1.54, 1.807) is 0 Å². The molecule has 0 saturated carbocycles. The monoisotopic (exact) mass is 272 g/mol. The molecule has 1 N–H and O–H groups in total. The molecular weight excluding hydrogens is 252 g/mol. The van der Waals surface area contributed by atoms with E-state index in [1.807, 2.05) is 0 Å². The Hall–Kier alpha value is -1.85. The summed E-state index contributed by atoms with van der Waals surface area (Å²) in [5, 5.41) is 8.41. The summed E-state index contributed by atoms with van der Waals surface area (Å²) in [6, 6.07) is 0. The second kappa shape index (κ2) is 10.1. The van der Waals surface area contributed by atoms with Gasteiger partial charge in [-0.1, -0.05) is 13.0 Å². The Morgan fingerprint density at radius 2 is 1.58 bits per heavy atom. The number of ether oxygens (including phenoxy) is 2. The maximum Gasteiger partial charge on any atom is 0.333 e. The van der Waals surface area contributed by atoms with Crippen molar-refractivity contribution in [1.29, 1.82) is 0 Å². The van der Waals surface area contributed by atoms with E-state index in [0.29, 0.717) is 24.8 Å². The fourth-order valence-electron chi connectivity index (χ4n) is 1.21. The molecule has 0 atom stereocenters. The highest BCUT2D eigenvalue weighted by Gasteiger charge is 2.05. The number of esters is 2. The number of carbonyl (C=O) groups is 3. The lowest BCUT2D eigenvalue weighted by Gasteiger charge is -2.06. The quantitative estimate of drug-likeness (QED) is 0.370. The van der Waals surface area contributed by atoms with Crippen LogP contribution < -0.4 is 0 Å². The van der Waals surface area contributed by atoms with Crippen molar-refractivity contribution in [3.8, 4) is 0 Å². The average molecular weight is 272 g/mol. The van der Waals surface area contributed by atoms with Gasteiger partial charge in [0.1, 0.15) is 13.2 Å². The Balaban J connectivity index is 3.42. The van der Waals surface area contributed by atoms with E-state index in [-0.39, 0.29) is 32.0 Å². The van der Waals surface area contributed by atoms with Crippen molar-refractivity contribution in [1.82, 2.24) is 0 Å². The van der Waals surface area contributed by atoms with Gasteiger partial charge in [-0.2, -0.15) is 0 Å². The summed E-state index contributed by atoms with van der Waals surface area (Å²) in [5.74, 6) is -1.71. The summed E-state index contributed by atoms with van der Waals surface area (Å²) in [5.41, 5.74) is 0.296. The van der Waals surface area contributed by atoms with Crippen LogP contribution in [0.15, 0.2) is 12.2 Å². The lowest BCUT2D eigenvalue weighted by atomic mass is 10.1. The van der Waals surface area contributed by atoms with Gasteiger partial charge in [0.15, 0.2) is 0 Å². The van der Waals surface area contributed by atoms with Gasteiger partial charge in [-0.05, 0) is 19.8 Å². The Bertz CT molecular complexity index is 334. The van der Waals surface area contributed by atoms with E-state index in [9.17, 15) is 14.4 Å². The lowest BCUT2D eigenvalue weighted by Crippen LogP contribution is -2.14. The maximum absolute atomic E-state index is 11.2. The number of aliphatic carboxylic acids is 1. The topological polar surface area (TPSA) is 89.9 Å². The van der Waals surface area contributed by atoms with Crippen molar-refractivity contribution < 1.29 is 29.0 Å². The number of hydrogen-bond donors (Lipinski definition) is 1. The predicted octanol–water partition coefficient (Wildman–Crippen LogP) is 1.68. The van der Waals surface area contributed by atoms with Crippen LogP contribution in [-0.4, -0.2) is 36.2 Å². The molecule has 0 radical (unpaired) electrons.